The molecule has 29 heavy (non-hydrogen) atoms. The predicted octanol–water partition coefficient (Wildman–Crippen LogP) is 1.53. The molecule has 1 aromatic heterocycles. The van der Waals surface area contributed by atoms with E-state index in [4.69, 9.17) is 11.6 Å². The number of halogens is 1. The molecule has 1 aromatic carbocycles. The topological polar surface area (TPSA) is 113 Å². The van der Waals surface area contributed by atoms with Gasteiger partial charge in [0.15, 0.2) is 0 Å². The molecule has 4 rings (SSSR count). The molecular weight excluding hydrogens is 400 g/mol. The number of imide groups is 1. The quantitative estimate of drug-likeness (QED) is 0.420. The average molecular weight is 415 g/mol. The minimum atomic E-state index is -0.694. The van der Waals surface area contributed by atoms with Gasteiger partial charge in [-0.1, -0.05) is 17.7 Å². The van der Waals surface area contributed by atoms with E-state index in [1.807, 2.05) is 4.90 Å². The van der Waals surface area contributed by atoms with E-state index in [9.17, 15) is 19.7 Å². The number of carbonyl (C=O) groups excluding carboxylic acids is 2. The van der Waals surface area contributed by atoms with E-state index in [2.05, 4.69) is 9.97 Å². The second-order valence-electron chi connectivity index (χ2n) is 6.41. The van der Waals surface area contributed by atoms with Gasteiger partial charge in [-0.25, -0.2) is 14.9 Å². The van der Waals surface area contributed by atoms with Crippen LogP contribution in [0.3, 0.4) is 0 Å². The highest BCUT2D eigenvalue weighted by Crippen LogP contribution is 2.33. The molecule has 0 bridgehead atoms. The zero-order valence-corrected chi connectivity index (χ0v) is 15.8. The number of nitro groups is 1. The number of carbonyl (C=O) groups is 2. The number of aromatic nitrogens is 2. The largest absolute Gasteiger partial charge is 0.362 e. The number of anilines is 2. The maximum Gasteiger partial charge on any atom is 0.283 e. The summed E-state index contributed by atoms with van der Waals surface area (Å²) < 4.78 is 0. The molecule has 0 atom stereocenters. The van der Waals surface area contributed by atoms with Gasteiger partial charge in [0.2, 0.25) is 5.95 Å². The maximum absolute atomic E-state index is 13.0. The van der Waals surface area contributed by atoms with E-state index >= 15 is 0 Å². The summed E-state index contributed by atoms with van der Waals surface area (Å²) in [5, 5.41) is 10.8. The first-order chi connectivity index (χ1) is 14.0. The fraction of sp³-hybridized carbons (Fsp3) is 0.222. The second-order valence-corrected chi connectivity index (χ2v) is 6.79. The first-order valence-corrected chi connectivity index (χ1v) is 9.15. The van der Waals surface area contributed by atoms with Crippen molar-refractivity contribution in [1.29, 1.82) is 0 Å². The second kappa shape index (κ2) is 7.47. The molecule has 0 N–H and O–H groups in total. The summed E-state index contributed by atoms with van der Waals surface area (Å²) >= 11 is 6.21. The van der Waals surface area contributed by atoms with Gasteiger partial charge in [0, 0.05) is 50.7 Å². The van der Waals surface area contributed by atoms with Gasteiger partial charge in [-0.15, -0.1) is 0 Å². The van der Waals surface area contributed by atoms with Crippen LogP contribution in [0.1, 0.15) is 0 Å². The number of hydrogen-bond acceptors (Lipinski definition) is 8. The molecule has 0 aliphatic carbocycles. The standard InChI is InChI=1S/C18H15ClN6O4/c19-14-15(22-7-9-23(10-8-22)18-20-5-2-6-21-18)17(27)24(16(14)26)12-3-1-4-13(11-12)25(28)29/h1-6,11H,7-10H2. The molecule has 10 nitrogen and oxygen atoms in total. The molecule has 2 amide bonds. The molecule has 0 unspecified atom stereocenters. The number of nitro benzene ring substituents is 1. The van der Waals surface area contributed by atoms with Crippen molar-refractivity contribution in [3.05, 3.63) is 63.6 Å². The zero-order chi connectivity index (χ0) is 20.5. The molecule has 0 saturated carbocycles. The van der Waals surface area contributed by atoms with Crippen LogP contribution in [-0.2, 0) is 9.59 Å². The molecule has 2 aliphatic heterocycles. The number of nitrogens with zero attached hydrogens (tertiary/aromatic N) is 6. The Hall–Kier alpha value is -3.53. The lowest BCUT2D eigenvalue weighted by Crippen LogP contribution is -2.48. The number of piperazine rings is 1. The van der Waals surface area contributed by atoms with Crippen LogP contribution in [0.5, 0.6) is 0 Å². The highest BCUT2D eigenvalue weighted by atomic mass is 35.5. The molecule has 0 spiro atoms. The van der Waals surface area contributed by atoms with Crippen LogP contribution in [0.2, 0.25) is 0 Å². The van der Waals surface area contributed by atoms with E-state index in [0.29, 0.717) is 32.1 Å². The van der Waals surface area contributed by atoms with Gasteiger partial charge in [-0.05, 0) is 12.1 Å². The van der Waals surface area contributed by atoms with Crippen LogP contribution < -0.4 is 9.80 Å². The van der Waals surface area contributed by atoms with E-state index < -0.39 is 16.7 Å². The third-order valence-corrected chi connectivity index (χ3v) is 5.07. The third-order valence-electron chi connectivity index (χ3n) is 4.73. The number of non-ortho nitro benzene ring substituents is 1. The highest BCUT2D eigenvalue weighted by Gasteiger charge is 2.42. The van der Waals surface area contributed by atoms with E-state index in [1.165, 1.54) is 24.3 Å². The Bertz CT molecular complexity index is 1020. The number of rotatable bonds is 4. The Balaban J connectivity index is 1.53. The van der Waals surface area contributed by atoms with E-state index in [1.54, 1.807) is 23.4 Å². The van der Waals surface area contributed by atoms with Gasteiger partial charge in [-0.2, -0.15) is 0 Å². The predicted molar refractivity (Wildman–Crippen MR) is 104 cm³/mol. The summed E-state index contributed by atoms with van der Waals surface area (Å²) in [6.45, 7) is 2.00. The lowest BCUT2D eigenvalue weighted by atomic mass is 10.2. The van der Waals surface area contributed by atoms with Crippen molar-refractivity contribution in [1.82, 2.24) is 14.9 Å². The minimum Gasteiger partial charge on any atom is -0.362 e. The first-order valence-electron chi connectivity index (χ1n) is 8.77. The Morgan fingerprint density at radius 1 is 0.966 bits per heavy atom. The lowest BCUT2D eigenvalue weighted by Gasteiger charge is -2.36. The van der Waals surface area contributed by atoms with Crippen molar-refractivity contribution in [2.75, 3.05) is 36.0 Å². The molecule has 0 radical (unpaired) electrons. The minimum absolute atomic E-state index is 0.108. The van der Waals surface area contributed by atoms with Crippen LogP contribution in [0.25, 0.3) is 0 Å². The molecular formula is C18H15ClN6O4. The summed E-state index contributed by atoms with van der Waals surface area (Å²) in [4.78, 5) is 49.0. The highest BCUT2D eigenvalue weighted by molar-refractivity contribution is 6.52. The van der Waals surface area contributed by atoms with Crippen LogP contribution in [0.4, 0.5) is 17.3 Å². The summed E-state index contributed by atoms with van der Waals surface area (Å²) in [5.74, 6) is -0.690. The Labute approximate surface area is 170 Å². The molecule has 2 aromatic rings. The summed E-state index contributed by atoms with van der Waals surface area (Å²) in [6.07, 6.45) is 3.31. The first kappa shape index (κ1) is 18.8. The maximum atomic E-state index is 13.0. The van der Waals surface area contributed by atoms with E-state index in [-0.39, 0.29) is 22.1 Å². The van der Waals surface area contributed by atoms with E-state index in [0.717, 1.165) is 4.90 Å². The van der Waals surface area contributed by atoms with Crippen molar-refractivity contribution in [2.45, 2.75) is 0 Å². The Kier molecular flexibility index (Phi) is 4.85. The van der Waals surface area contributed by atoms with Crippen molar-refractivity contribution < 1.29 is 14.5 Å². The van der Waals surface area contributed by atoms with Crippen LogP contribution in [0.15, 0.2) is 53.5 Å². The molecule has 148 valence electrons. The van der Waals surface area contributed by atoms with Crippen LogP contribution >= 0.6 is 11.6 Å². The summed E-state index contributed by atoms with van der Waals surface area (Å²) in [6, 6.07) is 7.07. The molecule has 1 fully saturated rings. The van der Waals surface area contributed by atoms with Gasteiger partial charge in [0.25, 0.3) is 17.5 Å². The number of benzene rings is 1. The van der Waals surface area contributed by atoms with Crippen molar-refractivity contribution in [3.63, 3.8) is 0 Å². The van der Waals surface area contributed by atoms with Crippen molar-refractivity contribution in [2.24, 2.45) is 0 Å². The monoisotopic (exact) mass is 414 g/mol. The van der Waals surface area contributed by atoms with Gasteiger partial charge in [0.1, 0.15) is 10.7 Å². The Morgan fingerprint density at radius 2 is 1.62 bits per heavy atom. The SMILES string of the molecule is O=C1C(Cl)=C(N2CCN(c3ncccn3)CC2)C(=O)N1c1cccc([N+](=O)[O-])c1. The third kappa shape index (κ3) is 3.38. The fourth-order valence-electron chi connectivity index (χ4n) is 3.33. The summed E-state index contributed by atoms with van der Waals surface area (Å²) in [7, 11) is 0. The van der Waals surface area contributed by atoms with Gasteiger partial charge >= 0.3 is 0 Å². The van der Waals surface area contributed by atoms with Crippen molar-refractivity contribution >= 4 is 40.7 Å². The molecule has 2 aliphatic rings. The fourth-order valence-corrected chi connectivity index (χ4v) is 3.62. The zero-order valence-electron chi connectivity index (χ0n) is 15.1. The smallest absolute Gasteiger partial charge is 0.283 e. The van der Waals surface area contributed by atoms with Gasteiger partial charge in [-0.3, -0.25) is 19.7 Å². The number of hydrogen-bond donors (Lipinski definition) is 0. The average Bonchev–Trinajstić information content (AvgIpc) is 2.97. The molecule has 1 saturated heterocycles. The van der Waals surface area contributed by atoms with Crippen LogP contribution in [-0.4, -0.2) is 57.8 Å². The van der Waals surface area contributed by atoms with Gasteiger partial charge in [0.05, 0.1) is 10.6 Å². The molecule has 3 heterocycles. The lowest BCUT2D eigenvalue weighted by molar-refractivity contribution is -0.384. The van der Waals surface area contributed by atoms with Crippen molar-refractivity contribution in [3.8, 4) is 0 Å². The summed E-state index contributed by atoms with van der Waals surface area (Å²) in [5.41, 5.74) is -0.000350. The number of amides is 2. The Morgan fingerprint density at radius 3 is 2.28 bits per heavy atom. The van der Waals surface area contributed by atoms with Gasteiger partial charge < -0.3 is 9.80 Å². The van der Waals surface area contributed by atoms with Crippen LogP contribution in [0, 0.1) is 10.1 Å². The normalized spacial score (nSPS) is 17.3. The molecule has 11 heteroatoms.